The van der Waals surface area contributed by atoms with Crippen molar-refractivity contribution in [2.75, 3.05) is 6.61 Å². The Morgan fingerprint density at radius 2 is 1.83 bits per heavy atom. The van der Waals surface area contributed by atoms with E-state index < -0.39 is 8.32 Å². The van der Waals surface area contributed by atoms with Crippen molar-refractivity contribution in [3.63, 3.8) is 0 Å². The molecule has 1 aromatic carbocycles. The molecule has 0 heterocycles. The molecule has 2 rings (SSSR count). The quantitative estimate of drug-likeness (QED) is 0.468. The minimum Gasteiger partial charge on any atom is -0.410 e. The van der Waals surface area contributed by atoms with Gasteiger partial charge in [-0.1, -0.05) is 63.3 Å². The van der Waals surface area contributed by atoms with Gasteiger partial charge in [-0.05, 0) is 48.9 Å². The van der Waals surface area contributed by atoms with Crippen molar-refractivity contribution >= 4 is 8.32 Å². The molecule has 0 bridgehead atoms. The molecule has 0 unspecified atom stereocenters. The molecule has 1 saturated carbocycles. The summed E-state index contributed by atoms with van der Waals surface area (Å²) in [4.78, 5) is 0. The van der Waals surface area contributed by atoms with Gasteiger partial charge in [-0.2, -0.15) is 0 Å². The zero-order chi connectivity index (χ0) is 17.8. The van der Waals surface area contributed by atoms with Crippen LogP contribution in [0.5, 0.6) is 0 Å². The number of ether oxygens (including phenoxy) is 1. The summed E-state index contributed by atoms with van der Waals surface area (Å²) in [6.07, 6.45) is 3.51. The zero-order valence-corrected chi connectivity index (χ0v) is 17.1. The van der Waals surface area contributed by atoms with E-state index in [0.29, 0.717) is 12.5 Å². The van der Waals surface area contributed by atoms with Crippen LogP contribution in [0.15, 0.2) is 42.5 Å². The first-order valence-electron chi connectivity index (χ1n) is 9.16. The SMILES string of the molecule is C=C1CC[C@@H](COCc2ccccc2)C[C@@H]1O[Si](C)(C)C(C)(C)C. The Kier molecular flexibility index (Phi) is 6.46. The molecule has 1 aliphatic rings. The Balaban J connectivity index is 1.85. The number of hydrogen-bond donors (Lipinski definition) is 0. The Bertz CT molecular complexity index is 531. The summed E-state index contributed by atoms with van der Waals surface area (Å²) in [5.74, 6) is 0.578. The van der Waals surface area contributed by atoms with Crippen LogP contribution in [-0.4, -0.2) is 21.0 Å². The van der Waals surface area contributed by atoms with Gasteiger partial charge in [0.1, 0.15) is 0 Å². The normalized spacial score (nSPS) is 22.6. The molecule has 0 N–H and O–H groups in total. The monoisotopic (exact) mass is 346 g/mol. The van der Waals surface area contributed by atoms with Gasteiger partial charge < -0.3 is 9.16 Å². The highest BCUT2D eigenvalue weighted by atomic mass is 28.4. The summed E-state index contributed by atoms with van der Waals surface area (Å²) in [5, 5.41) is 0.240. The van der Waals surface area contributed by atoms with Gasteiger partial charge in [0, 0.05) is 6.61 Å². The van der Waals surface area contributed by atoms with Crippen LogP contribution in [-0.2, 0) is 15.8 Å². The molecule has 1 aromatic rings. The first kappa shape index (κ1) is 19.4. The van der Waals surface area contributed by atoms with Crippen molar-refractivity contribution in [3.8, 4) is 0 Å². The lowest BCUT2D eigenvalue weighted by atomic mass is 9.85. The van der Waals surface area contributed by atoms with E-state index in [2.05, 4.69) is 64.7 Å². The van der Waals surface area contributed by atoms with Crippen LogP contribution in [0.25, 0.3) is 0 Å². The molecule has 24 heavy (non-hydrogen) atoms. The minimum absolute atomic E-state index is 0.213. The predicted octanol–water partition coefficient (Wildman–Crippen LogP) is 5.95. The standard InChI is InChI=1S/C21H34O2Si/c1-17-12-13-19(16-22-15-18-10-8-7-9-11-18)14-20(17)23-24(5,6)21(2,3)4/h7-11,19-20H,1,12-16H2,2-6H3/t19-,20+/m1/s1. The lowest BCUT2D eigenvalue weighted by Crippen LogP contribution is -2.45. The molecule has 2 atom stereocenters. The lowest BCUT2D eigenvalue weighted by Gasteiger charge is -2.42. The Hall–Kier alpha value is -0.903. The topological polar surface area (TPSA) is 18.5 Å². The van der Waals surface area contributed by atoms with Crippen molar-refractivity contribution < 1.29 is 9.16 Å². The molecule has 3 heteroatoms. The van der Waals surface area contributed by atoms with Crippen LogP contribution in [0, 0.1) is 5.92 Å². The van der Waals surface area contributed by atoms with E-state index in [-0.39, 0.29) is 11.1 Å². The average molecular weight is 347 g/mol. The summed E-state index contributed by atoms with van der Waals surface area (Å²) in [5.41, 5.74) is 2.52. The molecule has 1 aliphatic carbocycles. The van der Waals surface area contributed by atoms with Crippen LogP contribution >= 0.6 is 0 Å². The first-order chi connectivity index (χ1) is 11.2. The fourth-order valence-electron chi connectivity index (χ4n) is 2.87. The highest BCUT2D eigenvalue weighted by Gasteiger charge is 2.40. The largest absolute Gasteiger partial charge is 0.410 e. The van der Waals surface area contributed by atoms with Gasteiger partial charge in [0.05, 0.1) is 12.7 Å². The molecule has 0 aromatic heterocycles. The molecule has 0 aliphatic heterocycles. The fraction of sp³-hybridized carbons (Fsp3) is 0.619. The maximum Gasteiger partial charge on any atom is 0.192 e. The number of benzene rings is 1. The molecule has 0 saturated heterocycles. The summed E-state index contributed by atoms with van der Waals surface area (Å²) in [7, 11) is -1.75. The summed E-state index contributed by atoms with van der Waals surface area (Å²) in [6.45, 7) is 17.3. The molecular formula is C21H34O2Si. The second-order valence-electron chi connectivity index (χ2n) is 8.67. The van der Waals surface area contributed by atoms with Crippen LogP contribution in [0.3, 0.4) is 0 Å². The lowest BCUT2D eigenvalue weighted by molar-refractivity contribution is 0.0552. The first-order valence-corrected chi connectivity index (χ1v) is 12.1. The van der Waals surface area contributed by atoms with Crippen LogP contribution in [0.2, 0.25) is 18.1 Å². The fourth-order valence-corrected chi connectivity index (χ4v) is 4.20. The van der Waals surface area contributed by atoms with Crippen LogP contribution < -0.4 is 0 Å². The van der Waals surface area contributed by atoms with Crippen LogP contribution in [0.4, 0.5) is 0 Å². The maximum absolute atomic E-state index is 6.63. The molecule has 0 amide bonds. The third kappa shape index (κ3) is 5.30. The Labute approximate surface area is 149 Å². The van der Waals surface area contributed by atoms with Gasteiger partial charge in [0.2, 0.25) is 0 Å². The van der Waals surface area contributed by atoms with Gasteiger partial charge in [0.15, 0.2) is 8.32 Å². The minimum atomic E-state index is -1.75. The van der Waals surface area contributed by atoms with E-state index in [9.17, 15) is 0 Å². The van der Waals surface area contributed by atoms with Crippen LogP contribution in [0.1, 0.15) is 45.6 Å². The van der Waals surface area contributed by atoms with Gasteiger partial charge in [0.25, 0.3) is 0 Å². The molecule has 0 spiro atoms. The predicted molar refractivity (Wildman–Crippen MR) is 105 cm³/mol. The third-order valence-corrected chi connectivity index (χ3v) is 10.1. The number of hydrogen-bond acceptors (Lipinski definition) is 2. The van der Waals surface area contributed by atoms with E-state index in [1.165, 1.54) is 17.6 Å². The highest BCUT2D eigenvalue weighted by Crippen LogP contribution is 2.40. The van der Waals surface area contributed by atoms with Crippen molar-refractivity contribution in [3.05, 3.63) is 48.0 Å². The van der Waals surface area contributed by atoms with Gasteiger partial charge >= 0.3 is 0 Å². The van der Waals surface area contributed by atoms with E-state index in [0.717, 1.165) is 19.4 Å². The van der Waals surface area contributed by atoms with Crippen molar-refractivity contribution in [2.24, 2.45) is 5.92 Å². The second-order valence-corrected chi connectivity index (χ2v) is 13.4. The zero-order valence-electron chi connectivity index (χ0n) is 16.1. The second kappa shape index (κ2) is 7.98. The summed E-state index contributed by atoms with van der Waals surface area (Å²) in [6, 6.07) is 10.4. The van der Waals surface area contributed by atoms with E-state index in [1.54, 1.807) is 0 Å². The van der Waals surface area contributed by atoms with E-state index >= 15 is 0 Å². The molecule has 0 radical (unpaired) electrons. The molecule has 2 nitrogen and oxygen atoms in total. The van der Waals surface area contributed by atoms with E-state index in [4.69, 9.17) is 9.16 Å². The highest BCUT2D eigenvalue weighted by molar-refractivity contribution is 6.74. The summed E-state index contributed by atoms with van der Waals surface area (Å²) >= 11 is 0. The summed E-state index contributed by atoms with van der Waals surface area (Å²) < 4.78 is 12.6. The van der Waals surface area contributed by atoms with Gasteiger partial charge in [-0.25, -0.2) is 0 Å². The van der Waals surface area contributed by atoms with Gasteiger partial charge in [-0.15, -0.1) is 0 Å². The smallest absolute Gasteiger partial charge is 0.192 e. The Morgan fingerprint density at radius 3 is 2.46 bits per heavy atom. The van der Waals surface area contributed by atoms with Crippen molar-refractivity contribution in [1.29, 1.82) is 0 Å². The molecular weight excluding hydrogens is 312 g/mol. The molecule has 134 valence electrons. The Morgan fingerprint density at radius 1 is 1.17 bits per heavy atom. The van der Waals surface area contributed by atoms with E-state index in [1.807, 2.05) is 6.07 Å². The van der Waals surface area contributed by atoms with Crippen molar-refractivity contribution in [1.82, 2.24) is 0 Å². The third-order valence-electron chi connectivity index (χ3n) is 5.58. The number of rotatable bonds is 6. The average Bonchev–Trinajstić information content (AvgIpc) is 2.50. The van der Waals surface area contributed by atoms with Crippen molar-refractivity contribution in [2.45, 2.75) is 70.9 Å². The maximum atomic E-state index is 6.63. The van der Waals surface area contributed by atoms with Gasteiger partial charge in [-0.3, -0.25) is 0 Å². The molecule has 1 fully saturated rings.